The maximum atomic E-state index is 12.3. The molecule has 0 aliphatic rings. The third kappa shape index (κ3) is 4.59. The average Bonchev–Trinajstić information content (AvgIpc) is 3.22. The number of hydrogen-bond acceptors (Lipinski definition) is 5. The van der Waals surface area contributed by atoms with Crippen LogP contribution in [0.2, 0.25) is 0 Å². The Morgan fingerprint density at radius 3 is 2.22 bits per heavy atom. The molecule has 0 aliphatic heterocycles. The molecule has 27 heavy (non-hydrogen) atoms. The van der Waals surface area contributed by atoms with E-state index in [1.807, 2.05) is 5.38 Å². The van der Waals surface area contributed by atoms with E-state index in [2.05, 4.69) is 5.32 Å². The number of thiophene rings is 1. The third-order valence-electron chi connectivity index (χ3n) is 3.71. The van der Waals surface area contributed by atoms with Gasteiger partial charge in [0.25, 0.3) is 11.8 Å². The summed E-state index contributed by atoms with van der Waals surface area (Å²) in [6.45, 7) is 0. The molecule has 0 aliphatic carbocycles. The highest BCUT2D eigenvalue weighted by Crippen LogP contribution is 2.20. The first-order chi connectivity index (χ1) is 13.0. The van der Waals surface area contributed by atoms with Crippen molar-refractivity contribution in [2.45, 2.75) is 6.10 Å². The standard InChI is InChI=1S/C20H16N2O4S/c21-18(23)17(13-5-2-1-3-6-13)26-20(25)14-8-10-15(11-9-14)22-19(24)16-7-4-12-27-16/h1-12,17H,(H2,21,23)(H,22,24). The van der Waals surface area contributed by atoms with Crippen molar-refractivity contribution in [1.29, 1.82) is 0 Å². The van der Waals surface area contributed by atoms with E-state index in [9.17, 15) is 14.4 Å². The van der Waals surface area contributed by atoms with Gasteiger partial charge in [0, 0.05) is 11.3 Å². The molecule has 3 rings (SSSR count). The summed E-state index contributed by atoms with van der Waals surface area (Å²) in [5, 5.41) is 4.56. The van der Waals surface area contributed by atoms with Crippen molar-refractivity contribution in [2.24, 2.45) is 5.73 Å². The summed E-state index contributed by atoms with van der Waals surface area (Å²) in [4.78, 5) is 36.6. The largest absolute Gasteiger partial charge is 0.444 e. The van der Waals surface area contributed by atoms with E-state index in [-0.39, 0.29) is 11.5 Å². The smallest absolute Gasteiger partial charge is 0.339 e. The van der Waals surface area contributed by atoms with Crippen LogP contribution in [0.4, 0.5) is 5.69 Å². The van der Waals surface area contributed by atoms with Crippen molar-refractivity contribution in [3.8, 4) is 0 Å². The number of benzene rings is 2. The van der Waals surface area contributed by atoms with Crippen molar-refractivity contribution in [1.82, 2.24) is 0 Å². The Labute approximate surface area is 159 Å². The Hall–Kier alpha value is -3.45. The quantitative estimate of drug-likeness (QED) is 0.641. The van der Waals surface area contributed by atoms with Crippen LogP contribution in [0, 0.1) is 0 Å². The second kappa shape index (κ2) is 8.29. The molecule has 2 amide bonds. The molecule has 0 bridgehead atoms. The van der Waals surface area contributed by atoms with Crippen LogP contribution in [0.5, 0.6) is 0 Å². The van der Waals surface area contributed by atoms with Crippen molar-refractivity contribution < 1.29 is 19.1 Å². The zero-order chi connectivity index (χ0) is 19.2. The number of ether oxygens (including phenoxy) is 1. The van der Waals surface area contributed by atoms with E-state index >= 15 is 0 Å². The molecule has 0 radical (unpaired) electrons. The number of rotatable bonds is 6. The van der Waals surface area contributed by atoms with Crippen molar-refractivity contribution in [3.05, 3.63) is 88.1 Å². The fourth-order valence-electron chi connectivity index (χ4n) is 2.38. The van der Waals surface area contributed by atoms with Gasteiger partial charge in [0.15, 0.2) is 0 Å². The van der Waals surface area contributed by atoms with Crippen LogP contribution in [0.15, 0.2) is 72.1 Å². The van der Waals surface area contributed by atoms with Crippen molar-refractivity contribution >= 4 is 34.8 Å². The Bertz CT molecular complexity index is 938. The first-order valence-electron chi connectivity index (χ1n) is 8.05. The molecule has 3 N–H and O–H groups in total. The molecule has 1 heterocycles. The average molecular weight is 380 g/mol. The number of primary amides is 1. The molecule has 1 atom stereocenters. The van der Waals surface area contributed by atoms with Gasteiger partial charge < -0.3 is 15.8 Å². The highest BCUT2D eigenvalue weighted by Gasteiger charge is 2.23. The first-order valence-corrected chi connectivity index (χ1v) is 8.93. The minimum absolute atomic E-state index is 0.224. The highest BCUT2D eigenvalue weighted by molar-refractivity contribution is 7.12. The number of anilines is 1. The maximum absolute atomic E-state index is 12.3. The molecule has 7 heteroatoms. The Morgan fingerprint density at radius 2 is 1.63 bits per heavy atom. The predicted molar refractivity (Wildman–Crippen MR) is 103 cm³/mol. The lowest BCUT2D eigenvalue weighted by atomic mass is 10.1. The van der Waals surface area contributed by atoms with E-state index in [0.717, 1.165) is 0 Å². The van der Waals surface area contributed by atoms with E-state index in [0.29, 0.717) is 16.1 Å². The van der Waals surface area contributed by atoms with Crippen LogP contribution in [0.1, 0.15) is 31.7 Å². The molecule has 0 saturated heterocycles. The molecule has 1 aromatic heterocycles. The summed E-state index contributed by atoms with van der Waals surface area (Å²) in [5.74, 6) is -1.66. The summed E-state index contributed by atoms with van der Waals surface area (Å²) in [6, 6.07) is 18.3. The minimum atomic E-state index is -1.17. The van der Waals surface area contributed by atoms with Gasteiger partial charge in [0.1, 0.15) is 0 Å². The summed E-state index contributed by atoms with van der Waals surface area (Å²) < 4.78 is 5.26. The van der Waals surface area contributed by atoms with Gasteiger partial charge in [-0.3, -0.25) is 9.59 Å². The fourth-order valence-corrected chi connectivity index (χ4v) is 3.00. The van der Waals surface area contributed by atoms with Gasteiger partial charge in [-0.15, -0.1) is 11.3 Å². The van der Waals surface area contributed by atoms with Gasteiger partial charge in [-0.2, -0.15) is 0 Å². The summed E-state index contributed by atoms with van der Waals surface area (Å²) in [5.41, 5.74) is 6.64. The lowest BCUT2D eigenvalue weighted by Crippen LogP contribution is -2.26. The zero-order valence-electron chi connectivity index (χ0n) is 14.1. The van der Waals surface area contributed by atoms with Gasteiger partial charge in [0.2, 0.25) is 6.10 Å². The Kier molecular flexibility index (Phi) is 5.63. The van der Waals surface area contributed by atoms with Gasteiger partial charge in [-0.25, -0.2) is 4.79 Å². The number of carbonyl (C=O) groups is 3. The molecule has 0 saturated carbocycles. The number of nitrogens with one attached hydrogen (secondary N) is 1. The zero-order valence-corrected chi connectivity index (χ0v) is 14.9. The van der Waals surface area contributed by atoms with E-state index in [1.54, 1.807) is 54.6 Å². The Morgan fingerprint density at radius 1 is 0.926 bits per heavy atom. The van der Waals surface area contributed by atoms with E-state index in [4.69, 9.17) is 10.5 Å². The molecule has 136 valence electrons. The summed E-state index contributed by atoms with van der Waals surface area (Å²) in [6.07, 6.45) is -1.17. The summed E-state index contributed by atoms with van der Waals surface area (Å²) in [7, 11) is 0. The molecular formula is C20H16N2O4S. The van der Waals surface area contributed by atoms with Gasteiger partial charge >= 0.3 is 5.97 Å². The van der Waals surface area contributed by atoms with Crippen LogP contribution in [-0.4, -0.2) is 17.8 Å². The van der Waals surface area contributed by atoms with Crippen LogP contribution in [0.3, 0.4) is 0 Å². The van der Waals surface area contributed by atoms with Crippen molar-refractivity contribution in [2.75, 3.05) is 5.32 Å². The lowest BCUT2D eigenvalue weighted by Gasteiger charge is -2.15. The van der Waals surface area contributed by atoms with Crippen LogP contribution >= 0.6 is 11.3 Å². The number of hydrogen-bond donors (Lipinski definition) is 2. The maximum Gasteiger partial charge on any atom is 0.339 e. The third-order valence-corrected chi connectivity index (χ3v) is 4.58. The van der Waals surface area contributed by atoms with E-state index in [1.165, 1.54) is 23.5 Å². The molecule has 0 fully saturated rings. The summed E-state index contributed by atoms with van der Waals surface area (Å²) >= 11 is 1.34. The minimum Gasteiger partial charge on any atom is -0.444 e. The monoisotopic (exact) mass is 380 g/mol. The fraction of sp³-hybridized carbons (Fsp3) is 0.0500. The normalized spacial score (nSPS) is 11.4. The van der Waals surface area contributed by atoms with Gasteiger partial charge in [-0.1, -0.05) is 36.4 Å². The molecule has 0 spiro atoms. The topological polar surface area (TPSA) is 98.5 Å². The number of nitrogens with two attached hydrogens (primary N) is 1. The Balaban J connectivity index is 1.68. The predicted octanol–water partition coefficient (Wildman–Crippen LogP) is 3.38. The number of carbonyl (C=O) groups excluding carboxylic acids is 3. The lowest BCUT2D eigenvalue weighted by molar-refractivity contribution is -0.127. The first kappa shape index (κ1) is 18.3. The van der Waals surface area contributed by atoms with Gasteiger partial charge in [-0.05, 0) is 35.7 Å². The number of esters is 1. The van der Waals surface area contributed by atoms with E-state index < -0.39 is 18.0 Å². The molecule has 1 unspecified atom stereocenters. The highest BCUT2D eigenvalue weighted by atomic mass is 32.1. The van der Waals surface area contributed by atoms with Gasteiger partial charge in [0.05, 0.1) is 10.4 Å². The SMILES string of the molecule is NC(=O)C(OC(=O)c1ccc(NC(=O)c2cccs2)cc1)c1ccccc1. The second-order valence-electron chi connectivity index (χ2n) is 5.61. The molecule has 3 aromatic rings. The van der Waals surface area contributed by atoms with Crippen LogP contribution < -0.4 is 11.1 Å². The molecule has 2 aromatic carbocycles. The number of amides is 2. The molecule has 6 nitrogen and oxygen atoms in total. The van der Waals surface area contributed by atoms with Crippen LogP contribution in [-0.2, 0) is 9.53 Å². The van der Waals surface area contributed by atoms with Crippen LogP contribution in [0.25, 0.3) is 0 Å². The van der Waals surface area contributed by atoms with Crippen molar-refractivity contribution in [3.63, 3.8) is 0 Å². The molecular weight excluding hydrogens is 364 g/mol. The second-order valence-corrected chi connectivity index (χ2v) is 6.55.